The molecule has 1 unspecified atom stereocenters. The van der Waals surface area contributed by atoms with Crippen molar-refractivity contribution in [3.05, 3.63) is 24.3 Å². The smallest absolute Gasteiger partial charge is 0.341 e. The molecule has 0 aliphatic carbocycles. The molecule has 0 radical (unpaired) electrons. The number of aliphatic carboxylic acids is 1. The average Bonchev–Trinajstić information content (AvgIpc) is 2.46. The second-order valence-electron chi connectivity index (χ2n) is 4.68. The molecule has 1 rings (SSSR count). The van der Waals surface area contributed by atoms with Gasteiger partial charge in [-0.05, 0) is 44.5 Å². The van der Waals surface area contributed by atoms with Gasteiger partial charge in [0.2, 0.25) is 0 Å². The summed E-state index contributed by atoms with van der Waals surface area (Å²) in [6.45, 7) is 5.54. The number of anilines is 1. The lowest BCUT2D eigenvalue weighted by Gasteiger charge is -2.26. The van der Waals surface area contributed by atoms with E-state index in [1.165, 1.54) is 0 Å². The third kappa shape index (κ3) is 5.07. The van der Waals surface area contributed by atoms with Crippen LogP contribution >= 0.6 is 0 Å². The zero-order valence-corrected chi connectivity index (χ0v) is 12.5. The first-order valence-corrected chi connectivity index (χ1v) is 6.81. The molecule has 0 aromatic heterocycles. The van der Waals surface area contributed by atoms with Gasteiger partial charge in [0.05, 0.1) is 0 Å². The van der Waals surface area contributed by atoms with Crippen molar-refractivity contribution in [3.8, 4) is 5.75 Å². The zero-order chi connectivity index (χ0) is 15.9. The average molecular weight is 295 g/mol. The molecule has 2 N–H and O–H groups in total. The summed E-state index contributed by atoms with van der Waals surface area (Å²) in [6, 6.07) is 6.50. The SMILES string of the molecule is CCOC(C)(CC)C(=O)Nc1ccc(OCC(=O)O)cc1. The molecule has 6 nitrogen and oxygen atoms in total. The molecule has 1 atom stereocenters. The highest BCUT2D eigenvalue weighted by Crippen LogP contribution is 2.20. The van der Waals surface area contributed by atoms with Crippen LogP contribution in [0.2, 0.25) is 0 Å². The van der Waals surface area contributed by atoms with Gasteiger partial charge in [0.1, 0.15) is 11.4 Å². The van der Waals surface area contributed by atoms with Gasteiger partial charge in [-0.1, -0.05) is 6.92 Å². The molecule has 0 saturated heterocycles. The molecule has 1 aromatic rings. The second-order valence-corrected chi connectivity index (χ2v) is 4.68. The number of hydrogen-bond acceptors (Lipinski definition) is 4. The minimum atomic E-state index is -1.04. The summed E-state index contributed by atoms with van der Waals surface area (Å²) in [5.74, 6) is -0.827. The highest BCUT2D eigenvalue weighted by atomic mass is 16.5. The monoisotopic (exact) mass is 295 g/mol. The highest BCUT2D eigenvalue weighted by molar-refractivity contribution is 5.97. The summed E-state index contributed by atoms with van der Waals surface area (Å²) in [5.41, 5.74) is -0.269. The first-order chi connectivity index (χ1) is 9.91. The molecule has 0 saturated carbocycles. The molecule has 1 aromatic carbocycles. The number of rotatable bonds is 8. The van der Waals surface area contributed by atoms with Gasteiger partial charge in [-0.3, -0.25) is 4.79 Å². The maximum atomic E-state index is 12.2. The lowest BCUT2D eigenvalue weighted by Crippen LogP contribution is -2.42. The van der Waals surface area contributed by atoms with Crippen molar-refractivity contribution in [1.82, 2.24) is 0 Å². The van der Waals surface area contributed by atoms with Gasteiger partial charge in [0, 0.05) is 12.3 Å². The van der Waals surface area contributed by atoms with E-state index in [4.69, 9.17) is 14.6 Å². The van der Waals surface area contributed by atoms with E-state index in [0.29, 0.717) is 24.5 Å². The van der Waals surface area contributed by atoms with Gasteiger partial charge in [0.15, 0.2) is 6.61 Å². The van der Waals surface area contributed by atoms with Crippen LogP contribution in [0.5, 0.6) is 5.75 Å². The van der Waals surface area contributed by atoms with Crippen LogP contribution in [0.15, 0.2) is 24.3 Å². The summed E-state index contributed by atoms with van der Waals surface area (Å²) in [7, 11) is 0. The Bertz CT molecular complexity index is 485. The third-order valence-electron chi connectivity index (χ3n) is 3.09. The van der Waals surface area contributed by atoms with E-state index < -0.39 is 18.2 Å². The Kier molecular flexibility index (Phi) is 6.17. The number of amides is 1. The first-order valence-electron chi connectivity index (χ1n) is 6.81. The maximum absolute atomic E-state index is 12.2. The highest BCUT2D eigenvalue weighted by Gasteiger charge is 2.31. The van der Waals surface area contributed by atoms with E-state index in [1.54, 1.807) is 31.2 Å². The van der Waals surface area contributed by atoms with Crippen LogP contribution in [0.25, 0.3) is 0 Å². The topological polar surface area (TPSA) is 84.9 Å². The van der Waals surface area contributed by atoms with Gasteiger partial charge < -0.3 is 19.9 Å². The lowest BCUT2D eigenvalue weighted by atomic mass is 10.0. The lowest BCUT2D eigenvalue weighted by molar-refractivity contribution is -0.139. The van der Waals surface area contributed by atoms with Crippen molar-refractivity contribution in [1.29, 1.82) is 0 Å². The molecular weight excluding hydrogens is 274 g/mol. The summed E-state index contributed by atoms with van der Waals surface area (Å²) in [6.07, 6.45) is 0.562. The fraction of sp³-hybridized carbons (Fsp3) is 0.467. The van der Waals surface area contributed by atoms with Gasteiger partial charge in [-0.25, -0.2) is 4.79 Å². The Morgan fingerprint density at radius 1 is 1.24 bits per heavy atom. The number of ether oxygens (including phenoxy) is 2. The van der Waals surface area contributed by atoms with E-state index >= 15 is 0 Å². The quantitative estimate of drug-likeness (QED) is 0.768. The van der Waals surface area contributed by atoms with E-state index in [9.17, 15) is 9.59 Å². The Balaban J connectivity index is 2.66. The number of benzene rings is 1. The third-order valence-corrected chi connectivity index (χ3v) is 3.09. The van der Waals surface area contributed by atoms with Crippen LogP contribution in [-0.2, 0) is 14.3 Å². The fourth-order valence-corrected chi connectivity index (χ4v) is 1.69. The second kappa shape index (κ2) is 7.64. The first kappa shape index (κ1) is 17.0. The number of carbonyl (C=O) groups excluding carboxylic acids is 1. The van der Waals surface area contributed by atoms with E-state index in [1.807, 2.05) is 13.8 Å². The number of hydrogen-bond donors (Lipinski definition) is 2. The molecule has 21 heavy (non-hydrogen) atoms. The van der Waals surface area contributed by atoms with E-state index in [-0.39, 0.29) is 5.91 Å². The zero-order valence-electron chi connectivity index (χ0n) is 12.5. The van der Waals surface area contributed by atoms with Crippen molar-refractivity contribution >= 4 is 17.6 Å². The predicted molar refractivity (Wildman–Crippen MR) is 78.5 cm³/mol. The van der Waals surface area contributed by atoms with Gasteiger partial charge in [-0.2, -0.15) is 0 Å². The van der Waals surface area contributed by atoms with Crippen molar-refractivity contribution in [2.75, 3.05) is 18.5 Å². The molecule has 0 spiro atoms. The predicted octanol–water partition coefficient (Wildman–Crippen LogP) is 2.29. The molecule has 0 aliphatic rings. The molecule has 0 aliphatic heterocycles. The van der Waals surface area contributed by atoms with Gasteiger partial charge in [0.25, 0.3) is 5.91 Å². The number of nitrogens with one attached hydrogen (secondary N) is 1. The summed E-state index contributed by atoms with van der Waals surface area (Å²) in [5, 5.41) is 11.3. The van der Waals surface area contributed by atoms with Crippen LogP contribution in [0, 0.1) is 0 Å². The Morgan fingerprint density at radius 3 is 2.33 bits per heavy atom. The number of carboxylic acids is 1. The summed E-state index contributed by atoms with van der Waals surface area (Å²) < 4.78 is 10.5. The molecule has 116 valence electrons. The molecular formula is C15H21NO5. The normalized spacial score (nSPS) is 13.3. The van der Waals surface area contributed by atoms with E-state index in [0.717, 1.165) is 0 Å². The van der Waals surface area contributed by atoms with Crippen LogP contribution in [0.1, 0.15) is 27.2 Å². The molecule has 0 fully saturated rings. The van der Waals surface area contributed by atoms with Crippen molar-refractivity contribution < 1.29 is 24.2 Å². The van der Waals surface area contributed by atoms with Crippen LogP contribution < -0.4 is 10.1 Å². The summed E-state index contributed by atoms with van der Waals surface area (Å²) >= 11 is 0. The molecule has 0 bridgehead atoms. The Labute approximate surface area is 124 Å². The molecule has 0 heterocycles. The van der Waals surface area contributed by atoms with Crippen molar-refractivity contribution in [2.24, 2.45) is 0 Å². The van der Waals surface area contributed by atoms with Crippen LogP contribution in [0.3, 0.4) is 0 Å². The maximum Gasteiger partial charge on any atom is 0.341 e. The molecule has 6 heteroatoms. The van der Waals surface area contributed by atoms with Crippen LogP contribution in [0.4, 0.5) is 5.69 Å². The fourth-order valence-electron chi connectivity index (χ4n) is 1.69. The number of carbonyl (C=O) groups is 2. The Morgan fingerprint density at radius 2 is 1.86 bits per heavy atom. The Hall–Kier alpha value is -2.08. The van der Waals surface area contributed by atoms with Gasteiger partial charge >= 0.3 is 5.97 Å². The van der Waals surface area contributed by atoms with Crippen molar-refractivity contribution in [3.63, 3.8) is 0 Å². The summed E-state index contributed by atoms with van der Waals surface area (Å²) in [4.78, 5) is 22.6. The minimum absolute atomic E-state index is 0.217. The number of carboxylic acid groups (broad SMARTS) is 1. The van der Waals surface area contributed by atoms with E-state index in [2.05, 4.69) is 5.32 Å². The van der Waals surface area contributed by atoms with Crippen LogP contribution in [-0.4, -0.2) is 35.8 Å². The standard InChI is InChI=1S/C15H21NO5/c1-4-15(3,21-5-2)14(19)16-11-6-8-12(9-7-11)20-10-13(17)18/h6-9H,4-5,10H2,1-3H3,(H,16,19)(H,17,18). The van der Waals surface area contributed by atoms with Crippen molar-refractivity contribution in [2.45, 2.75) is 32.8 Å². The molecule has 1 amide bonds. The minimum Gasteiger partial charge on any atom is -0.482 e. The van der Waals surface area contributed by atoms with Gasteiger partial charge in [-0.15, -0.1) is 0 Å². The largest absolute Gasteiger partial charge is 0.482 e.